The molecule has 1 heterocycles. The Morgan fingerprint density at radius 3 is 2.50 bits per heavy atom. The molecule has 0 aromatic carbocycles. The summed E-state index contributed by atoms with van der Waals surface area (Å²) in [4.78, 5) is 10.3. The summed E-state index contributed by atoms with van der Waals surface area (Å²) in [6, 6.07) is 0. The second kappa shape index (κ2) is 5.98. The number of carboxylic acids is 1. The van der Waals surface area contributed by atoms with E-state index in [-0.39, 0.29) is 43.2 Å². The van der Waals surface area contributed by atoms with Crippen LogP contribution in [-0.4, -0.2) is 62.6 Å². The highest BCUT2D eigenvalue weighted by Crippen LogP contribution is 2.11. The van der Waals surface area contributed by atoms with Gasteiger partial charge >= 0.3 is 5.97 Å². The predicted octanol–water partition coefficient (Wildman–Crippen LogP) is -0.698. The molecule has 9 heteroatoms. The van der Waals surface area contributed by atoms with Gasteiger partial charge in [0.15, 0.2) is 9.84 Å². The van der Waals surface area contributed by atoms with E-state index >= 15 is 0 Å². The van der Waals surface area contributed by atoms with Crippen molar-refractivity contribution in [3.8, 4) is 0 Å². The van der Waals surface area contributed by atoms with E-state index in [1.165, 1.54) is 0 Å². The number of carboxylic acid groups (broad SMARTS) is 1. The molecule has 0 bridgehead atoms. The van der Waals surface area contributed by atoms with E-state index in [4.69, 9.17) is 5.11 Å². The molecule has 18 heavy (non-hydrogen) atoms. The highest BCUT2D eigenvalue weighted by atomic mass is 32.2. The van der Waals surface area contributed by atoms with Gasteiger partial charge in [0.25, 0.3) is 0 Å². The first-order valence-corrected chi connectivity index (χ1v) is 9.06. The average molecular weight is 299 g/mol. The molecule has 1 N–H and O–H groups in total. The van der Waals surface area contributed by atoms with Crippen LogP contribution in [0.1, 0.15) is 19.3 Å². The van der Waals surface area contributed by atoms with Crippen molar-refractivity contribution in [3.63, 3.8) is 0 Å². The van der Waals surface area contributed by atoms with E-state index in [9.17, 15) is 21.6 Å². The second-order valence-electron chi connectivity index (χ2n) is 4.22. The second-order valence-corrected chi connectivity index (χ2v) is 8.61. The number of hydrogen-bond acceptors (Lipinski definition) is 5. The minimum atomic E-state index is -3.55. The molecule has 0 aromatic rings. The van der Waals surface area contributed by atoms with Crippen molar-refractivity contribution >= 4 is 25.8 Å². The molecule has 7 nitrogen and oxygen atoms in total. The van der Waals surface area contributed by atoms with Gasteiger partial charge in [-0.15, -0.1) is 0 Å². The zero-order chi connectivity index (χ0) is 13.8. The molecule has 0 unspecified atom stereocenters. The molecule has 0 aromatic heterocycles. The Morgan fingerprint density at radius 1 is 1.22 bits per heavy atom. The minimum absolute atomic E-state index is 0.00808. The SMILES string of the molecule is O=C(O)CCCS(=O)(=O)N1CCCS(=O)(=O)CC1. The van der Waals surface area contributed by atoms with Crippen LogP contribution in [0.5, 0.6) is 0 Å². The monoisotopic (exact) mass is 299 g/mol. The lowest BCUT2D eigenvalue weighted by Crippen LogP contribution is -2.35. The summed E-state index contributed by atoms with van der Waals surface area (Å²) in [5.41, 5.74) is 0. The molecule has 0 spiro atoms. The standard InChI is InChI=1S/C9H17NO6S2/c11-9(12)3-1-7-18(15,16)10-4-2-6-17(13,14)8-5-10/h1-8H2,(H,11,12). The van der Waals surface area contributed by atoms with Crippen LogP contribution in [0, 0.1) is 0 Å². The predicted molar refractivity (Wildman–Crippen MR) is 65.5 cm³/mol. The summed E-state index contributed by atoms with van der Waals surface area (Å²) < 4.78 is 47.6. The summed E-state index contributed by atoms with van der Waals surface area (Å²) in [7, 11) is -6.69. The minimum Gasteiger partial charge on any atom is -0.481 e. The Bertz CT molecular complexity index is 495. The molecular weight excluding hydrogens is 282 g/mol. The summed E-state index contributed by atoms with van der Waals surface area (Å²) in [5, 5.41) is 8.45. The summed E-state index contributed by atoms with van der Waals surface area (Å²) in [5.74, 6) is -1.44. The smallest absolute Gasteiger partial charge is 0.303 e. The highest BCUT2D eigenvalue weighted by Gasteiger charge is 2.27. The van der Waals surface area contributed by atoms with Crippen molar-refractivity contribution in [2.24, 2.45) is 0 Å². The van der Waals surface area contributed by atoms with Crippen molar-refractivity contribution in [2.75, 3.05) is 30.3 Å². The zero-order valence-electron chi connectivity index (χ0n) is 9.91. The molecule has 106 valence electrons. The Morgan fingerprint density at radius 2 is 1.89 bits per heavy atom. The number of sulfone groups is 1. The molecule has 1 rings (SSSR count). The van der Waals surface area contributed by atoms with Gasteiger partial charge in [-0.3, -0.25) is 4.79 Å². The Labute approximate surface area is 107 Å². The summed E-state index contributed by atoms with van der Waals surface area (Å²) >= 11 is 0. The lowest BCUT2D eigenvalue weighted by molar-refractivity contribution is -0.137. The van der Waals surface area contributed by atoms with E-state index < -0.39 is 25.8 Å². The first-order valence-electron chi connectivity index (χ1n) is 5.63. The van der Waals surface area contributed by atoms with Crippen LogP contribution < -0.4 is 0 Å². The molecule has 1 aliphatic heterocycles. The van der Waals surface area contributed by atoms with Crippen LogP contribution in [0.25, 0.3) is 0 Å². The number of nitrogens with zero attached hydrogens (tertiary/aromatic N) is 1. The Hall–Kier alpha value is -0.670. The quantitative estimate of drug-likeness (QED) is 0.719. The average Bonchev–Trinajstić information content (AvgIpc) is 2.38. The maximum Gasteiger partial charge on any atom is 0.303 e. The first-order chi connectivity index (χ1) is 8.23. The number of rotatable bonds is 5. The van der Waals surface area contributed by atoms with Crippen molar-refractivity contribution in [1.82, 2.24) is 4.31 Å². The fourth-order valence-corrected chi connectivity index (χ4v) is 4.66. The van der Waals surface area contributed by atoms with Crippen LogP contribution in [0.3, 0.4) is 0 Å². The van der Waals surface area contributed by atoms with Crippen molar-refractivity contribution in [1.29, 1.82) is 0 Å². The number of aliphatic carboxylic acids is 1. The van der Waals surface area contributed by atoms with E-state index in [0.29, 0.717) is 6.42 Å². The molecule has 0 aliphatic carbocycles. The number of sulfonamides is 1. The van der Waals surface area contributed by atoms with Gasteiger partial charge in [-0.05, 0) is 12.8 Å². The third-order valence-electron chi connectivity index (χ3n) is 2.70. The van der Waals surface area contributed by atoms with Crippen molar-refractivity contribution in [2.45, 2.75) is 19.3 Å². The molecule has 0 amide bonds. The van der Waals surface area contributed by atoms with E-state index in [2.05, 4.69) is 0 Å². The fraction of sp³-hybridized carbons (Fsp3) is 0.889. The zero-order valence-corrected chi connectivity index (χ0v) is 11.5. The largest absolute Gasteiger partial charge is 0.481 e. The molecule has 1 saturated heterocycles. The van der Waals surface area contributed by atoms with Gasteiger partial charge in [-0.1, -0.05) is 0 Å². The number of carbonyl (C=O) groups is 1. The third-order valence-corrected chi connectivity index (χ3v) is 6.37. The fourth-order valence-electron chi connectivity index (χ4n) is 1.73. The molecule has 0 atom stereocenters. The van der Waals surface area contributed by atoms with Crippen LogP contribution in [0.4, 0.5) is 0 Å². The van der Waals surface area contributed by atoms with E-state index in [1.807, 2.05) is 0 Å². The van der Waals surface area contributed by atoms with Crippen molar-refractivity contribution < 1.29 is 26.7 Å². The van der Waals surface area contributed by atoms with Gasteiger partial charge in [0.1, 0.15) is 0 Å². The topological polar surface area (TPSA) is 109 Å². The summed E-state index contributed by atoms with van der Waals surface area (Å²) in [6.45, 7) is 0.159. The lowest BCUT2D eigenvalue weighted by Gasteiger charge is -2.18. The van der Waals surface area contributed by atoms with Gasteiger partial charge in [-0.25, -0.2) is 21.1 Å². The lowest BCUT2D eigenvalue weighted by atomic mass is 10.3. The van der Waals surface area contributed by atoms with Crippen LogP contribution in [0.15, 0.2) is 0 Å². The molecule has 1 fully saturated rings. The number of hydrogen-bond donors (Lipinski definition) is 1. The van der Waals surface area contributed by atoms with Crippen molar-refractivity contribution in [3.05, 3.63) is 0 Å². The van der Waals surface area contributed by atoms with Gasteiger partial charge in [0.05, 0.1) is 17.3 Å². The maximum atomic E-state index is 11.9. The molecular formula is C9H17NO6S2. The van der Waals surface area contributed by atoms with Gasteiger partial charge in [0.2, 0.25) is 10.0 Å². The molecule has 0 radical (unpaired) electrons. The summed E-state index contributed by atoms with van der Waals surface area (Å²) in [6.07, 6.45) is 0.132. The molecule has 1 aliphatic rings. The van der Waals surface area contributed by atoms with Gasteiger partial charge < -0.3 is 5.11 Å². The van der Waals surface area contributed by atoms with Crippen LogP contribution >= 0.6 is 0 Å². The van der Waals surface area contributed by atoms with E-state index in [1.54, 1.807) is 0 Å². The third kappa shape index (κ3) is 4.91. The first kappa shape index (κ1) is 15.4. The normalized spacial score (nSPS) is 21.3. The highest BCUT2D eigenvalue weighted by molar-refractivity contribution is 7.91. The van der Waals surface area contributed by atoms with Gasteiger partial charge in [-0.2, -0.15) is 0 Å². The van der Waals surface area contributed by atoms with Crippen LogP contribution in [-0.2, 0) is 24.7 Å². The van der Waals surface area contributed by atoms with Crippen LogP contribution in [0.2, 0.25) is 0 Å². The Kier molecular flexibility index (Phi) is 5.11. The van der Waals surface area contributed by atoms with E-state index in [0.717, 1.165) is 4.31 Å². The Balaban J connectivity index is 2.59. The molecule has 0 saturated carbocycles. The maximum absolute atomic E-state index is 11.9. The van der Waals surface area contributed by atoms with Gasteiger partial charge in [0, 0.05) is 19.5 Å².